The highest BCUT2D eigenvalue weighted by Gasteiger charge is 2.00. The topological polar surface area (TPSA) is 48.9 Å². The third-order valence-electron chi connectivity index (χ3n) is 3.30. The number of methoxy groups -OCH3 is 1. The molecule has 0 heterocycles. The predicted molar refractivity (Wildman–Crippen MR) is 101 cm³/mol. The zero-order valence-electron chi connectivity index (χ0n) is 14.5. The van der Waals surface area contributed by atoms with Crippen molar-refractivity contribution in [3.63, 3.8) is 0 Å². The highest BCUT2D eigenvalue weighted by atomic mass is 32.2. The van der Waals surface area contributed by atoms with Crippen LogP contribution < -0.4 is 10.6 Å². The number of benzene rings is 1. The van der Waals surface area contributed by atoms with Gasteiger partial charge in [0.25, 0.3) is 0 Å². The van der Waals surface area contributed by atoms with Crippen molar-refractivity contribution in [3.05, 3.63) is 30.3 Å². The second kappa shape index (κ2) is 13.2. The lowest BCUT2D eigenvalue weighted by Gasteiger charge is -2.18. The summed E-state index contributed by atoms with van der Waals surface area (Å²) >= 11 is 1.85. The van der Waals surface area contributed by atoms with Crippen LogP contribution >= 0.6 is 11.8 Å². The van der Waals surface area contributed by atoms with Crippen molar-refractivity contribution in [2.45, 2.75) is 11.3 Å². The molecular weight excluding hydrogens is 308 g/mol. The van der Waals surface area contributed by atoms with Crippen molar-refractivity contribution in [2.75, 3.05) is 59.7 Å². The molecule has 0 amide bonds. The predicted octanol–water partition coefficient (Wildman–Crippen LogP) is 1.91. The first kappa shape index (κ1) is 19.8. The molecule has 6 heteroatoms. The van der Waals surface area contributed by atoms with Crippen LogP contribution in [0, 0.1) is 0 Å². The molecule has 0 fully saturated rings. The van der Waals surface area contributed by atoms with E-state index in [0.717, 1.165) is 50.9 Å². The fourth-order valence-corrected chi connectivity index (χ4v) is 2.82. The molecule has 0 radical (unpaired) electrons. The molecule has 23 heavy (non-hydrogen) atoms. The third-order valence-corrected chi connectivity index (χ3v) is 4.32. The van der Waals surface area contributed by atoms with Gasteiger partial charge in [-0.05, 0) is 25.6 Å². The van der Waals surface area contributed by atoms with E-state index in [4.69, 9.17) is 4.74 Å². The molecule has 2 N–H and O–H groups in total. The summed E-state index contributed by atoms with van der Waals surface area (Å²) < 4.78 is 5.07. The van der Waals surface area contributed by atoms with Gasteiger partial charge in [0.2, 0.25) is 0 Å². The van der Waals surface area contributed by atoms with Crippen LogP contribution in [0.1, 0.15) is 6.42 Å². The van der Waals surface area contributed by atoms with Gasteiger partial charge in [0.15, 0.2) is 5.96 Å². The van der Waals surface area contributed by atoms with Crippen molar-refractivity contribution in [1.29, 1.82) is 0 Å². The molecule has 0 atom stereocenters. The molecule has 0 saturated heterocycles. The Morgan fingerprint density at radius 3 is 2.61 bits per heavy atom. The van der Waals surface area contributed by atoms with Gasteiger partial charge in [0, 0.05) is 57.6 Å². The first-order valence-corrected chi connectivity index (χ1v) is 9.04. The fraction of sp³-hybridized carbons (Fsp3) is 0.588. The molecular formula is C17H30N4OS. The summed E-state index contributed by atoms with van der Waals surface area (Å²) in [4.78, 5) is 7.85. The average Bonchev–Trinajstić information content (AvgIpc) is 2.58. The van der Waals surface area contributed by atoms with E-state index in [1.165, 1.54) is 4.90 Å². The Morgan fingerprint density at radius 1 is 1.17 bits per heavy atom. The second-order valence-corrected chi connectivity index (χ2v) is 6.41. The Balaban J connectivity index is 2.08. The third kappa shape index (κ3) is 10.2. The number of aliphatic imine (C=N–C) groups is 1. The number of rotatable bonds is 11. The van der Waals surface area contributed by atoms with Crippen molar-refractivity contribution in [1.82, 2.24) is 15.5 Å². The van der Waals surface area contributed by atoms with Gasteiger partial charge in [-0.25, -0.2) is 0 Å². The minimum absolute atomic E-state index is 0.820. The summed E-state index contributed by atoms with van der Waals surface area (Å²) in [6.45, 7) is 4.64. The monoisotopic (exact) mass is 338 g/mol. The van der Waals surface area contributed by atoms with Gasteiger partial charge in [-0.3, -0.25) is 4.99 Å². The number of nitrogens with one attached hydrogen (secondary N) is 2. The van der Waals surface area contributed by atoms with Crippen LogP contribution in [0.2, 0.25) is 0 Å². The van der Waals surface area contributed by atoms with Crippen LogP contribution in [0.25, 0.3) is 0 Å². The number of hydrogen-bond donors (Lipinski definition) is 2. The molecule has 130 valence electrons. The van der Waals surface area contributed by atoms with E-state index in [9.17, 15) is 0 Å². The number of likely N-dealkylation sites (N-methyl/N-ethyl adjacent to an activating group) is 1. The van der Waals surface area contributed by atoms with Gasteiger partial charge in [-0.2, -0.15) is 0 Å². The van der Waals surface area contributed by atoms with Crippen LogP contribution in [-0.2, 0) is 4.74 Å². The second-order valence-electron chi connectivity index (χ2n) is 5.24. The molecule has 0 bridgehead atoms. The minimum atomic E-state index is 0.820. The minimum Gasteiger partial charge on any atom is -0.385 e. The number of ether oxygens (including phenoxy) is 1. The van der Waals surface area contributed by atoms with Crippen molar-refractivity contribution in [2.24, 2.45) is 4.99 Å². The van der Waals surface area contributed by atoms with Crippen molar-refractivity contribution >= 4 is 17.7 Å². The maximum atomic E-state index is 5.07. The molecule has 0 saturated carbocycles. The van der Waals surface area contributed by atoms with Crippen molar-refractivity contribution in [3.8, 4) is 0 Å². The van der Waals surface area contributed by atoms with Gasteiger partial charge in [-0.1, -0.05) is 18.2 Å². The quantitative estimate of drug-likeness (QED) is 0.279. The largest absolute Gasteiger partial charge is 0.385 e. The molecule has 0 aliphatic rings. The Hall–Kier alpha value is -1.24. The van der Waals surface area contributed by atoms with E-state index in [-0.39, 0.29) is 0 Å². The van der Waals surface area contributed by atoms with E-state index in [1.807, 2.05) is 24.9 Å². The first-order chi connectivity index (χ1) is 11.3. The van der Waals surface area contributed by atoms with Gasteiger partial charge in [0.05, 0.1) is 0 Å². The maximum Gasteiger partial charge on any atom is 0.191 e. The number of guanidine groups is 1. The first-order valence-electron chi connectivity index (χ1n) is 8.06. The van der Waals surface area contributed by atoms with Crippen LogP contribution in [0.4, 0.5) is 0 Å². The van der Waals surface area contributed by atoms with Gasteiger partial charge >= 0.3 is 0 Å². The Morgan fingerprint density at radius 2 is 1.91 bits per heavy atom. The molecule has 1 rings (SSSR count). The molecule has 0 aliphatic heterocycles. The number of thioether (sulfide) groups is 1. The van der Waals surface area contributed by atoms with Gasteiger partial charge < -0.3 is 20.3 Å². The van der Waals surface area contributed by atoms with Crippen LogP contribution in [0.5, 0.6) is 0 Å². The smallest absolute Gasteiger partial charge is 0.191 e. The summed E-state index contributed by atoms with van der Waals surface area (Å²) in [6.07, 6.45) is 1.07. The molecule has 5 nitrogen and oxygen atoms in total. The summed E-state index contributed by atoms with van der Waals surface area (Å²) in [6, 6.07) is 10.5. The Kier molecular flexibility index (Phi) is 11.4. The molecule has 1 aromatic carbocycles. The van der Waals surface area contributed by atoms with Crippen LogP contribution in [0.3, 0.4) is 0 Å². The summed E-state index contributed by atoms with van der Waals surface area (Å²) in [5, 5.41) is 6.69. The standard InChI is InChI=1S/C17H30N4OS/c1-18-17(19-10-13-21(2)12-7-14-22-3)20-11-15-23-16-8-5-4-6-9-16/h4-6,8-9H,7,10-15H2,1-3H3,(H2,18,19,20). The highest BCUT2D eigenvalue weighted by Crippen LogP contribution is 2.15. The molecule has 0 spiro atoms. The zero-order valence-corrected chi connectivity index (χ0v) is 15.4. The van der Waals surface area contributed by atoms with E-state index >= 15 is 0 Å². The van der Waals surface area contributed by atoms with Gasteiger partial charge in [0.1, 0.15) is 0 Å². The SMILES string of the molecule is CN=C(NCCSc1ccccc1)NCCN(C)CCCOC. The average molecular weight is 339 g/mol. The Bertz CT molecular complexity index is 428. The summed E-state index contributed by atoms with van der Waals surface area (Å²) in [5.41, 5.74) is 0. The molecule has 0 aliphatic carbocycles. The van der Waals surface area contributed by atoms with E-state index in [1.54, 1.807) is 7.11 Å². The lowest BCUT2D eigenvalue weighted by Crippen LogP contribution is -2.41. The van der Waals surface area contributed by atoms with E-state index in [2.05, 4.69) is 51.8 Å². The maximum absolute atomic E-state index is 5.07. The van der Waals surface area contributed by atoms with E-state index < -0.39 is 0 Å². The summed E-state index contributed by atoms with van der Waals surface area (Å²) in [7, 11) is 5.68. The zero-order chi connectivity index (χ0) is 16.8. The lowest BCUT2D eigenvalue weighted by atomic mass is 10.4. The highest BCUT2D eigenvalue weighted by molar-refractivity contribution is 7.99. The molecule has 0 unspecified atom stereocenters. The number of nitrogens with zero attached hydrogens (tertiary/aromatic N) is 2. The summed E-state index contributed by atoms with van der Waals surface area (Å²) in [5.74, 6) is 1.88. The van der Waals surface area contributed by atoms with Crippen LogP contribution in [0.15, 0.2) is 40.2 Å². The lowest BCUT2D eigenvalue weighted by molar-refractivity contribution is 0.180. The number of hydrogen-bond acceptors (Lipinski definition) is 4. The van der Waals surface area contributed by atoms with E-state index in [0.29, 0.717) is 0 Å². The normalized spacial score (nSPS) is 11.7. The van der Waals surface area contributed by atoms with Crippen LogP contribution in [-0.4, -0.2) is 70.6 Å². The molecule has 0 aromatic heterocycles. The van der Waals surface area contributed by atoms with Gasteiger partial charge in [-0.15, -0.1) is 11.8 Å². The Labute approximate surface area is 144 Å². The fourth-order valence-electron chi connectivity index (χ4n) is 2.03. The molecule has 1 aromatic rings. The van der Waals surface area contributed by atoms with Crippen molar-refractivity contribution < 1.29 is 4.74 Å².